The summed E-state index contributed by atoms with van der Waals surface area (Å²) in [5, 5.41) is 3.05. The van der Waals surface area contributed by atoms with Crippen LogP contribution in [-0.2, 0) is 14.8 Å². The summed E-state index contributed by atoms with van der Waals surface area (Å²) in [6.07, 6.45) is 0. The largest absolute Gasteiger partial charge is 0.323 e. The lowest BCUT2D eigenvalue weighted by Crippen LogP contribution is -2.37. The lowest BCUT2D eigenvalue weighted by molar-refractivity contribution is -0.116. The normalized spacial score (nSPS) is 15.2. The molecule has 3 rings (SSSR count). The number of nitrogens with zero attached hydrogens (tertiary/aromatic N) is 1. The van der Waals surface area contributed by atoms with Gasteiger partial charge in [-0.15, -0.1) is 0 Å². The topological polar surface area (TPSA) is 83.6 Å². The number of rotatable bonds is 3. The Kier molecular flexibility index (Phi) is 4.25. The molecule has 1 aliphatic rings. The van der Waals surface area contributed by atoms with E-state index in [9.17, 15) is 18.0 Å². The minimum Gasteiger partial charge on any atom is -0.323 e. The van der Waals surface area contributed by atoms with Crippen LogP contribution in [0.4, 0.5) is 5.69 Å². The maximum Gasteiger partial charge on any atom is 0.269 e. The van der Waals surface area contributed by atoms with E-state index in [0.717, 1.165) is 0 Å². The molecule has 2 amide bonds. The minimum atomic E-state index is -4.04. The molecule has 0 aliphatic carbocycles. The molecule has 0 bridgehead atoms. The van der Waals surface area contributed by atoms with Crippen LogP contribution in [0.5, 0.6) is 0 Å². The summed E-state index contributed by atoms with van der Waals surface area (Å²) in [7, 11) is -4.04. The predicted molar refractivity (Wildman–Crippen MR) is 89.8 cm³/mol. The van der Waals surface area contributed by atoms with Crippen molar-refractivity contribution in [3.05, 3.63) is 58.1 Å². The maximum atomic E-state index is 12.4. The van der Waals surface area contributed by atoms with Crippen molar-refractivity contribution >= 4 is 50.7 Å². The van der Waals surface area contributed by atoms with Crippen LogP contribution in [0.1, 0.15) is 10.4 Å². The van der Waals surface area contributed by atoms with Gasteiger partial charge in [-0.3, -0.25) is 9.59 Å². The quantitative estimate of drug-likeness (QED) is 0.881. The summed E-state index contributed by atoms with van der Waals surface area (Å²) in [5.41, 5.74) is 0.279. The molecule has 24 heavy (non-hydrogen) atoms. The van der Waals surface area contributed by atoms with Gasteiger partial charge in [0, 0.05) is 5.02 Å². The zero-order chi connectivity index (χ0) is 17.5. The van der Waals surface area contributed by atoms with Crippen LogP contribution in [0.3, 0.4) is 0 Å². The minimum absolute atomic E-state index is 0.0473. The number of amides is 2. The van der Waals surface area contributed by atoms with Gasteiger partial charge in [0.2, 0.25) is 5.91 Å². The molecule has 2 aromatic rings. The Hall–Kier alpha value is -2.09. The van der Waals surface area contributed by atoms with E-state index >= 15 is 0 Å². The highest BCUT2D eigenvalue weighted by molar-refractivity contribution is 7.90. The van der Waals surface area contributed by atoms with Crippen molar-refractivity contribution < 1.29 is 18.0 Å². The van der Waals surface area contributed by atoms with Crippen molar-refractivity contribution in [3.8, 4) is 0 Å². The highest BCUT2D eigenvalue weighted by Crippen LogP contribution is 2.30. The van der Waals surface area contributed by atoms with E-state index in [4.69, 9.17) is 23.2 Å². The number of anilines is 1. The van der Waals surface area contributed by atoms with Crippen molar-refractivity contribution in [2.45, 2.75) is 4.90 Å². The SMILES string of the molecule is O=C(CN1C(=O)c2ccccc2S1(=O)=O)Nc1cc(Cl)ccc1Cl. The van der Waals surface area contributed by atoms with Crippen molar-refractivity contribution in [2.75, 3.05) is 11.9 Å². The van der Waals surface area contributed by atoms with Crippen LogP contribution in [0, 0.1) is 0 Å². The van der Waals surface area contributed by atoms with Crippen molar-refractivity contribution in [3.63, 3.8) is 0 Å². The number of carbonyl (C=O) groups is 2. The number of nitrogens with one attached hydrogen (secondary N) is 1. The third-order valence-electron chi connectivity index (χ3n) is 3.40. The summed E-state index contributed by atoms with van der Waals surface area (Å²) < 4.78 is 25.3. The monoisotopic (exact) mass is 384 g/mol. The summed E-state index contributed by atoms with van der Waals surface area (Å²) >= 11 is 11.8. The molecule has 0 aromatic heterocycles. The van der Waals surface area contributed by atoms with E-state index in [1.165, 1.54) is 30.3 Å². The van der Waals surface area contributed by atoms with E-state index in [1.54, 1.807) is 12.1 Å². The zero-order valence-corrected chi connectivity index (χ0v) is 14.3. The number of benzene rings is 2. The second-order valence-corrected chi connectivity index (χ2v) is 7.66. The maximum absolute atomic E-state index is 12.4. The first-order valence-electron chi connectivity index (χ1n) is 6.72. The summed E-state index contributed by atoms with van der Waals surface area (Å²) in [4.78, 5) is 24.3. The summed E-state index contributed by atoms with van der Waals surface area (Å²) in [6, 6.07) is 10.3. The standard InChI is InChI=1S/C15H10Cl2N2O4S/c16-9-5-6-11(17)12(7-9)18-14(20)8-19-15(21)10-3-1-2-4-13(10)24(19,22)23/h1-7H,8H2,(H,18,20). The molecule has 1 aliphatic heterocycles. The van der Waals surface area contributed by atoms with Gasteiger partial charge in [-0.25, -0.2) is 12.7 Å². The first-order chi connectivity index (χ1) is 11.3. The molecule has 0 spiro atoms. The molecule has 0 saturated carbocycles. The van der Waals surface area contributed by atoms with Crippen LogP contribution < -0.4 is 5.32 Å². The third kappa shape index (κ3) is 2.86. The van der Waals surface area contributed by atoms with Gasteiger partial charge in [0.1, 0.15) is 11.4 Å². The molecule has 0 atom stereocenters. The first-order valence-corrected chi connectivity index (χ1v) is 8.91. The average Bonchev–Trinajstić information content (AvgIpc) is 2.72. The van der Waals surface area contributed by atoms with Crippen LogP contribution in [0.15, 0.2) is 47.4 Å². The van der Waals surface area contributed by atoms with Crippen molar-refractivity contribution in [1.82, 2.24) is 4.31 Å². The predicted octanol–water partition coefficient (Wildman–Crippen LogP) is 2.78. The number of hydrogen-bond donors (Lipinski definition) is 1. The zero-order valence-electron chi connectivity index (χ0n) is 12.0. The Morgan fingerprint density at radius 1 is 1.12 bits per heavy atom. The molecule has 0 unspecified atom stereocenters. The van der Waals surface area contributed by atoms with Gasteiger partial charge in [0.15, 0.2) is 0 Å². The van der Waals surface area contributed by atoms with Gasteiger partial charge >= 0.3 is 0 Å². The highest BCUT2D eigenvalue weighted by atomic mass is 35.5. The second kappa shape index (κ2) is 6.08. The lowest BCUT2D eigenvalue weighted by atomic mass is 10.2. The van der Waals surface area contributed by atoms with E-state index in [0.29, 0.717) is 9.33 Å². The Labute approximate surface area is 148 Å². The number of sulfonamides is 1. The molecular formula is C15H10Cl2N2O4S. The van der Waals surface area contributed by atoms with E-state index in [-0.39, 0.29) is 21.2 Å². The Balaban J connectivity index is 1.83. The molecule has 0 saturated heterocycles. The molecule has 0 fully saturated rings. The Morgan fingerprint density at radius 2 is 1.83 bits per heavy atom. The van der Waals surface area contributed by atoms with Crippen LogP contribution >= 0.6 is 23.2 Å². The molecule has 2 aromatic carbocycles. The number of halogens is 2. The lowest BCUT2D eigenvalue weighted by Gasteiger charge is -2.15. The highest BCUT2D eigenvalue weighted by Gasteiger charge is 2.41. The fraction of sp³-hybridized carbons (Fsp3) is 0.0667. The van der Waals surface area contributed by atoms with Crippen LogP contribution in [-0.4, -0.2) is 31.1 Å². The van der Waals surface area contributed by atoms with E-state index in [2.05, 4.69) is 5.32 Å². The Morgan fingerprint density at radius 3 is 2.54 bits per heavy atom. The third-order valence-corrected chi connectivity index (χ3v) is 5.75. The van der Waals surface area contributed by atoms with Crippen LogP contribution in [0.2, 0.25) is 10.0 Å². The van der Waals surface area contributed by atoms with Gasteiger partial charge < -0.3 is 5.32 Å². The molecule has 0 radical (unpaired) electrons. The van der Waals surface area contributed by atoms with Crippen molar-refractivity contribution in [1.29, 1.82) is 0 Å². The smallest absolute Gasteiger partial charge is 0.269 e. The molecule has 9 heteroatoms. The summed E-state index contributed by atoms with van der Waals surface area (Å²) in [5.74, 6) is -1.44. The van der Waals surface area contributed by atoms with Crippen LogP contribution in [0.25, 0.3) is 0 Å². The average molecular weight is 385 g/mol. The van der Waals surface area contributed by atoms with E-state index < -0.39 is 28.4 Å². The van der Waals surface area contributed by atoms with E-state index in [1.807, 2.05) is 0 Å². The Bertz CT molecular complexity index is 960. The number of carbonyl (C=O) groups excluding carboxylic acids is 2. The fourth-order valence-electron chi connectivity index (χ4n) is 2.30. The molecular weight excluding hydrogens is 375 g/mol. The molecule has 6 nitrogen and oxygen atoms in total. The molecule has 1 N–H and O–H groups in total. The summed E-state index contributed by atoms with van der Waals surface area (Å²) in [6.45, 7) is -0.654. The first kappa shape index (κ1) is 16.8. The van der Waals surface area contributed by atoms with Gasteiger partial charge in [-0.2, -0.15) is 0 Å². The van der Waals surface area contributed by atoms with Gasteiger partial charge in [-0.1, -0.05) is 35.3 Å². The van der Waals surface area contributed by atoms with Gasteiger partial charge in [0.05, 0.1) is 16.3 Å². The van der Waals surface area contributed by atoms with Gasteiger partial charge in [-0.05, 0) is 30.3 Å². The number of fused-ring (bicyclic) bond motifs is 1. The van der Waals surface area contributed by atoms with Crippen molar-refractivity contribution in [2.24, 2.45) is 0 Å². The fourth-order valence-corrected chi connectivity index (χ4v) is 4.16. The second-order valence-electron chi connectivity index (χ2n) is 4.99. The van der Waals surface area contributed by atoms with Gasteiger partial charge in [0.25, 0.3) is 15.9 Å². The number of hydrogen-bond acceptors (Lipinski definition) is 4. The molecule has 124 valence electrons. The molecule has 1 heterocycles.